The van der Waals surface area contributed by atoms with Crippen LogP contribution in [0.2, 0.25) is 4.44 Å². The summed E-state index contributed by atoms with van der Waals surface area (Å²) in [7, 11) is 0. The van der Waals surface area contributed by atoms with Gasteiger partial charge in [0.2, 0.25) is 0 Å². The van der Waals surface area contributed by atoms with Crippen molar-refractivity contribution < 1.29 is 14.9 Å². The van der Waals surface area contributed by atoms with Crippen LogP contribution in [0, 0.1) is 11.8 Å². The van der Waals surface area contributed by atoms with Crippen LogP contribution >= 0.6 is 12.6 Å². The van der Waals surface area contributed by atoms with Crippen molar-refractivity contribution in [1.82, 2.24) is 0 Å². The number of thiol groups is 1. The minimum absolute atomic E-state index is 0.340. The van der Waals surface area contributed by atoms with Gasteiger partial charge in [-0.2, -0.15) is 12.6 Å². The summed E-state index contributed by atoms with van der Waals surface area (Å²) in [5.41, 5.74) is 0. The van der Waals surface area contributed by atoms with Gasteiger partial charge in [-0.05, 0) is 12.3 Å². The SMILES string of the molecule is CCCCC(CC)CC(CS)C(=O)O[O-].CCC[CH2][Sn+]. The van der Waals surface area contributed by atoms with Crippen LogP contribution in [0.15, 0.2) is 0 Å². The van der Waals surface area contributed by atoms with Crippen LogP contribution in [0.3, 0.4) is 0 Å². The molecule has 0 heterocycles. The zero-order valence-electron chi connectivity index (χ0n) is 13.2. The van der Waals surface area contributed by atoms with Gasteiger partial charge >= 0.3 is 52.7 Å². The molecule has 20 heavy (non-hydrogen) atoms. The van der Waals surface area contributed by atoms with Gasteiger partial charge < -0.3 is 10.1 Å². The molecule has 0 aromatic carbocycles. The molecule has 2 radical (unpaired) electrons. The first-order chi connectivity index (χ1) is 9.60. The first kappa shape index (κ1) is 22.9. The Kier molecular flexibility index (Phi) is 20.1. The molecule has 0 aliphatic rings. The Labute approximate surface area is 143 Å². The molecule has 2 atom stereocenters. The Hall–Kier alpha value is 0.579. The third-order valence-corrected chi connectivity index (χ3v) is 4.78. The Bertz CT molecular complexity index is 213. The van der Waals surface area contributed by atoms with Crippen molar-refractivity contribution in [2.24, 2.45) is 11.8 Å². The fourth-order valence-corrected chi connectivity index (χ4v) is 3.18. The normalized spacial score (nSPS) is 13.1. The quantitative estimate of drug-likeness (QED) is 0.261. The third-order valence-electron chi connectivity index (χ3n) is 3.33. The van der Waals surface area contributed by atoms with Gasteiger partial charge in [0.1, 0.15) is 0 Å². The Morgan fingerprint density at radius 1 is 1.25 bits per heavy atom. The van der Waals surface area contributed by atoms with Gasteiger partial charge in [-0.1, -0.05) is 39.5 Å². The van der Waals surface area contributed by atoms with Crippen LogP contribution in [0.4, 0.5) is 0 Å². The summed E-state index contributed by atoms with van der Waals surface area (Å²) in [6.45, 7) is 6.48. The average molecular weight is 409 g/mol. The summed E-state index contributed by atoms with van der Waals surface area (Å²) < 4.78 is 1.43. The third kappa shape index (κ3) is 13.6. The maximum atomic E-state index is 11.1. The molecule has 0 aromatic rings. The molecule has 5 heteroatoms. The number of hydrogen-bond donors (Lipinski definition) is 1. The first-order valence-corrected chi connectivity index (χ1v) is 10.3. The predicted octanol–water partition coefficient (Wildman–Crippen LogP) is 3.33. The van der Waals surface area contributed by atoms with E-state index in [4.69, 9.17) is 0 Å². The predicted molar refractivity (Wildman–Crippen MR) is 86.8 cm³/mol. The molecule has 0 saturated carbocycles. The average Bonchev–Trinajstić information content (AvgIpc) is 2.48. The van der Waals surface area contributed by atoms with E-state index in [-0.39, 0.29) is 5.92 Å². The second-order valence-electron chi connectivity index (χ2n) is 5.04. The molecule has 0 aliphatic carbocycles. The summed E-state index contributed by atoms with van der Waals surface area (Å²) in [6.07, 6.45) is 8.00. The Balaban J connectivity index is 0. The molecular formula is C15H30O3SSn. The summed E-state index contributed by atoms with van der Waals surface area (Å²) in [5, 5.41) is 10.0. The summed E-state index contributed by atoms with van der Waals surface area (Å²) in [5.74, 6) is -0.113. The fraction of sp³-hybridized carbons (Fsp3) is 0.933. The maximum absolute atomic E-state index is 11.1. The molecule has 0 amide bonds. The molecule has 3 nitrogen and oxygen atoms in total. The molecular weight excluding hydrogens is 379 g/mol. The topological polar surface area (TPSA) is 49.4 Å². The van der Waals surface area contributed by atoms with Crippen LogP contribution in [-0.2, 0) is 9.68 Å². The molecule has 0 N–H and O–H groups in total. The summed E-state index contributed by atoms with van der Waals surface area (Å²) in [6, 6.07) is 0. The zero-order valence-corrected chi connectivity index (χ0v) is 16.9. The number of hydrogen-bond acceptors (Lipinski definition) is 4. The summed E-state index contributed by atoms with van der Waals surface area (Å²) in [4.78, 5) is 14.6. The molecule has 0 aliphatic heterocycles. The number of unbranched alkanes of at least 4 members (excludes halogenated alkanes) is 2. The first-order valence-electron chi connectivity index (χ1n) is 7.70. The standard InChI is InChI=1S/C11H22O3S.C4H9.Sn/c1-3-5-6-9(4-2)7-10(8-15)11(12)14-13;1-3-4-2;/h9-10,13,15H,3-8H2,1-2H3;1,3-4H2,2H3;/q;;+1/p-1. The molecule has 0 fully saturated rings. The van der Waals surface area contributed by atoms with Crippen molar-refractivity contribution in [3.63, 3.8) is 0 Å². The van der Waals surface area contributed by atoms with Crippen LogP contribution < -0.4 is 5.26 Å². The van der Waals surface area contributed by atoms with E-state index in [1.807, 2.05) is 0 Å². The van der Waals surface area contributed by atoms with Crippen molar-refractivity contribution in [3.05, 3.63) is 0 Å². The molecule has 2 unspecified atom stereocenters. The van der Waals surface area contributed by atoms with Crippen LogP contribution in [0.5, 0.6) is 0 Å². The van der Waals surface area contributed by atoms with Gasteiger partial charge in [0.15, 0.2) is 0 Å². The van der Waals surface area contributed by atoms with Crippen LogP contribution in [0.1, 0.15) is 65.7 Å². The second kappa shape index (κ2) is 17.6. The number of rotatable bonds is 10. The van der Waals surface area contributed by atoms with Gasteiger partial charge in [0.05, 0.1) is 5.92 Å². The monoisotopic (exact) mass is 410 g/mol. The van der Waals surface area contributed by atoms with Gasteiger partial charge in [-0.25, -0.2) is 0 Å². The molecule has 118 valence electrons. The molecule has 0 bridgehead atoms. The zero-order chi connectivity index (χ0) is 15.8. The van der Waals surface area contributed by atoms with Gasteiger partial charge in [-0.15, -0.1) is 0 Å². The Morgan fingerprint density at radius 2 is 1.85 bits per heavy atom. The van der Waals surface area contributed by atoms with Crippen LogP contribution in [-0.4, -0.2) is 34.2 Å². The van der Waals surface area contributed by atoms with E-state index in [2.05, 4.69) is 38.3 Å². The van der Waals surface area contributed by atoms with Crippen molar-refractivity contribution in [2.45, 2.75) is 70.2 Å². The second-order valence-corrected chi connectivity index (χ2v) is 6.83. The van der Waals surface area contributed by atoms with E-state index in [0.29, 0.717) is 11.7 Å². The van der Waals surface area contributed by atoms with E-state index >= 15 is 0 Å². The molecule has 0 spiro atoms. The molecule has 0 saturated heterocycles. The van der Waals surface area contributed by atoms with E-state index in [1.54, 1.807) is 22.5 Å². The van der Waals surface area contributed by atoms with Crippen LogP contribution in [0.25, 0.3) is 0 Å². The van der Waals surface area contributed by atoms with Crippen molar-refractivity contribution in [2.75, 3.05) is 5.75 Å². The van der Waals surface area contributed by atoms with Crippen molar-refractivity contribution in [1.29, 1.82) is 0 Å². The van der Waals surface area contributed by atoms with E-state index in [0.717, 1.165) is 25.7 Å². The minimum atomic E-state index is -0.667. The van der Waals surface area contributed by atoms with Gasteiger partial charge in [0, 0.05) is 5.75 Å². The fourth-order valence-electron chi connectivity index (χ4n) is 1.87. The molecule has 0 rings (SSSR count). The summed E-state index contributed by atoms with van der Waals surface area (Å²) >= 11 is 5.76. The number of carbonyl (C=O) groups excluding carboxylic acids is 1. The van der Waals surface area contributed by atoms with Crippen molar-refractivity contribution in [3.8, 4) is 0 Å². The van der Waals surface area contributed by atoms with E-state index < -0.39 is 5.97 Å². The van der Waals surface area contributed by atoms with Crippen molar-refractivity contribution >= 4 is 41.1 Å². The van der Waals surface area contributed by atoms with Gasteiger partial charge in [-0.3, -0.25) is 4.79 Å². The van der Waals surface area contributed by atoms with Gasteiger partial charge in [0.25, 0.3) is 0 Å². The Morgan fingerprint density at radius 3 is 2.15 bits per heavy atom. The van der Waals surface area contributed by atoms with E-state index in [9.17, 15) is 10.1 Å². The number of carbonyl (C=O) groups is 1. The van der Waals surface area contributed by atoms with E-state index in [1.165, 1.54) is 23.7 Å². The molecule has 0 aromatic heterocycles.